The summed E-state index contributed by atoms with van der Waals surface area (Å²) in [7, 11) is -3.91. The highest BCUT2D eigenvalue weighted by Crippen LogP contribution is 2.18. The first-order valence-electron chi connectivity index (χ1n) is 11.2. The van der Waals surface area contributed by atoms with Gasteiger partial charge >= 0.3 is 0 Å². The van der Waals surface area contributed by atoms with E-state index in [0.29, 0.717) is 12.8 Å². The summed E-state index contributed by atoms with van der Waals surface area (Å²) in [6.07, 6.45) is 18.7. The highest BCUT2D eigenvalue weighted by Gasteiger charge is 2.23. The molecule has 0 aromatic rings. The molecular weight excluding hydrogens is 346 g/mol. The van der Waals surface area contributed by atoms with Crippen LogP contribution in [0.5, 0.6) is 0 Å². The van der Waals surface area contributed by atoms with Crippen LogP contribution in [0.25, 0.3) is 0 Å². The molecule has 1 aliphatic rings. The fourth-order valence-electron chi connectivity index (χ4n) is 3.99. The van der Waals surface area contributed by atoms with Gasteiger partial charge in [0.1, 0.15) is 0 Å². The number of unbranched alkanes of at least 4 members (excludes halogenated alkanes) is 9. The lowest BCUT2D eigenvalue weighted by Crippen LogP contribution is -2.31. The highest BCUT2D eigenvalue weighted by molar-refractivity contribution is 7.86. The Morgan fingerprint density at radius 3 is 1.77 bits per heavy atom. The molecule has 1 rings (SSSR count). The number of hydrogen-bond donors (Lipinski definition) is 1. The van der Waals surface area contributed by atoms with Gasteiger partial charge in [-0.15, -0.1) is 0 Å². The van der Waals surface area contributed by atoms with Gasteiger partial charge < -0.3 is 4.90 Å². The maximum absolute atomic E-state index is 11.7. The second kappa shape index (κ2) is 14.9. The summed E-state index contributed by atoms with van der Waals surface area (Å²) in [5.41, 5.74) is 0. The lowest BCUT2D eigenvalue weighted by Gasteiger charge is -2.22. The molecule has 1 atom stereocenters. The first kappa shape index (κ1) is 23.9. The summed E-state index contributed by atoms with van der Waals surface area (Å²) >= 11 is 0. The zero-order valence-electron chi connectivity index (χ0n) is 17.1. The molecule has 0 radical (unpaired) electrons. The number of likely N-dealkylation sites (tertiary alicyclic amines) is 1. The van der Waals surface area contributed by atoms with Gasteiger partial charge in [-0.2, -0.15) is 8.42 Å². The summed E-state index contributed by atoms with van der Waals surface area (Å²) < 4.78 is 33.0. The Morgan fingerprint density at radius 1 is 0.769 bits per heavy atom. The van der Waals surface area contributed by atoms with Gasteiger partial charge in [0.2, 0.25) is 0 Å². The van der Waals surface area contributed by atoms with Crippen LogP contribution in [0.4, 0.5) is 0 Å². The Balaban J connectivity index is 2.12. The molecule has 1 N–H and O–H groups in total. The van der Waals surface area contributed by atoms with Crippen molar-refractivity contribution in [1.29, 1.82) is 0 Å². The Hall–Kier alpha value is -0.130. The van der Waals surface area contributed by atoms with E-state index >= 15 is 0 Å². The quantitative estimate of drug-likeness (QED) is 0.283. The number of rotatable bonds is 15. The van der Waals surface area contributed by atoms with Crippen molar-refractivity contribution in [3.05, 3.63) is 0 Å². The van der Waals surface area contributed by atoms with E-state index in [4.69, 9.17) is 0 Å². The number of nitrogens with zero attached hydrogens (tertiary/aromatic N) is 1. The van der Waals surface area contributed by atoms with Gasteiger partial charge in [0.05, 0.1) is 5.25 Å². The Labute approximate surface area is 162 Å². The minimum absolute atomic E-state index is 0.570. The van der Waals surface area contributed by atoms with Gasteiger partial charge in [-0.05, 0) is 45.3 Å². The Morgan fingerprint density at radius 2 is 1.27 bits per heavy atom. The van der Waals surface area contributed by atoms with Crippen LogP contribution < -0.4 is 0 Å². The molecule has 1 unspecified atom stereocenters. The maximum Gasteiger partial charge on any atom is 0.267 e. The van der Waals surface area contributed by atoms with Crippen LogP contribution >= 0.6 is 0 Å². The molecule has 0 bridgehead atoms. The van der Waals surface area contributed by atoms with Crippen LogP contribution in [0.3, 0.4) is 0 Å². The van der Waals surface area contributed by atoms with Crippen LogP contribution in [-0.4, -0.2) is 42.8 Å². The maximum atomic E-state index is 11.7. The molecule has 5 heteroatoms. The molecule has 0 aromatic heterocycles. The first-order valence-corrected chi connectivity index (χ1v) is 12.7. The third-order valence-corrected chi connectivity index (χ3v) is 7.08. The zero-order valence-corrected chi connectivity index (χ0v) is 17.9. The van der Waals surface area contributed by atoms with Crippen molar-refractivity contribution in [1.82, 2.24) is 4.90 Å². The van der Waals surface area contributed by atoms with Crippen LogP contribution in [0.15, 0.2) is 0 Å². The predicted octanol–water partition coefficient (Wildman–Crippen LogP) is 5.82. The summed E-state index contributed by atoms with van der Waals surface area (Å²) in [6, 6.07) is 0. The second-order valence-electron chi connectivity index (χ2n) is 8.15. The number of hydrogen-bond acceptors (Lipinski definition) is 3. The standard InChI is InChI=1S/C21H43NO3S/c1-2-3-4-5-6-7-8-9-10-13-16-21(26(23,24)25)17-20-22-18-14-11-12-15-19-22/h21H,2-20H2,1H3,(H,23,24,25). The van der Waals surface area contributed by atoms with Crippen LogP contribution in [0.1, 0.15) is 110 Å². The van der Waals surface area contributed by atoms with Gasteiger partial charge in [0.25, 0.3) is 10.1 Å². The molecule has 1 fully saturated rings. The lowest BCUT2D eigenvalue weighted by atomic mass is 10.0. The largest absolute Gasteiger partial charge is 0.303 e. The average Bonchev–Trinajstić information content (AvgIpc) is 2.86. The van der Waals surface area contributed by atoms with Crippen molar-refractivity contribution in [3.8, 4) is 0 Å². The van der Waals surface area contributed by atoms with Crippen LogP contribution in [-0.2, 0) is 10.1 Å². The topological polar surface area (TPSA) is 57.6 Å². The fourth-order valence-corrected chi connectivity index (χ4v) is 4.86. The molecule has 0 amide bonds. The lowest BCUT2D eigenvalue weighted by molar-refractivity contribution is 0.276. The molecular formula is C21H43NO3S. The highest BCUT2D eigenvalue weighted by atomic mass is 32.2. The van der Waals surface area contributed by atoms with E-state index in [1.807, 2.05) is 0 Å². The van der Waals surface area contributed by atoms with Crippen LogP contribution in [0, 0.1) is 0 Å². The van der Waals surface area contributed by atoms with Gasteiger partial charge in [-0.25, -0.2) is 0 Å². The molecule has 156 valence electrons. The Kier molecular flexibility index (Phi) is 13.7. The SMILES string of the molecule is CCCCCCCCCCCCC(CCN1CCCCCC1)S(=O)(=O)O. The predicted molar refractivity (Wildman–Crippen MR) is 111 cm³/mol. The average molecular weight is 390 g/mol. The third kappa shape index (κ3) is 12.3. The van der Waals surface area contributed by atoms with E-state index in [0.717, 1.165) is 32.5 Å². The monoisotopic (exact) mass is 389 g/mol. The van der Waals surface area contributed by atoms with Gasteiger partial charge in [-0.3, -0.25) is 4.55 Å². The van der Waals surface area contributed by atoms with Crippen LogP contribution in [0.2, 0.25) is 0 Å². The van der Waals surface area contributed by atoms with E-state index in [1.54, 1.807) is 0 Å². The molecule has 26 heavy (non-hydrogen) atoms. The van der Waals surface area contributed by atoms with Gasteiger partial charge in [0, 0.05) is 0 Å². The first-order chi connectivity index (χ1) is 12.5. The van der Waals surface area contributed by atoms with E-state index < -0.39 is 15.4 Å². The van der Waals surface area contributed by atoms with Gasteiger partial charge in [-0.1, -0.05) is 84.0 Å². The van der Waals surface area contributed by atoms with Crippen molar-refractivity contribution in [3.63, 3.8) is 0 Å². The zero-order chi connectivity index (χ0) is 19.1. The molecule has 0 aromatic carbocycles. The summed E-state index contributed by atoms with van der Waals surface area (Å²) in [6.45, 7) is 5.21. The molecule has 1 aliphatic heterocycles. The van der Waals surface area contributed by atoms with E-state index in [-0.39, 0.29) is 0 Å². The molecule has 4 nitrogen and oxygen atoms in total. The van der Waals surface area contributed by atoms with Gasteiger partial charge in [0.15, 0.2) is 0 Å². The molecule has 1 saturated heterocycles. The van der Waals surface area contributed by atoms with Crippen molar-refractivity contribution in [2.24, 2.45) is 0 Å². The van der Waals surface area contributed by atoms with E-state index in [2.05, 4.69) is 11.8 Å². The smallest absolute Gasteiger partial charge is 0.267 e. The third-order valence-electron chi connectivity index (χ3n) is 5.77. The second-order valence-corrected chi connectivity index (χ2v) is 9.85. The molecule has 0 saturated carbocycles. The van der Waals surface area contributed by atoms with Crippen molar-refractivity contribution in [2.45, 2.75) is 115 Å². The molecule has 0 aliphatic carbocycles. The van der Waals surface area contributed by atoms with Crippen molar-refractivity contribution in [2.75, 3.05) is 19.6 Å². The molecule has 0 spiro atoms. The van der Waals surface area contributed by atoms with E-state index in [1.165, 1.54) is 77.0 Å². The van der Waals surface area contributed by atoms with Crippen molar-refractivity contribution < 1.29 is 13.0 Å². The van der Waals surface area contributed by atoms with E-state index in [9.17, 15) is 13.0 Å². The fraction of sp³-hybridized carbons (Fsp3) is 1.00. The Bertz CT molecular complexity index is 417. The minimum atomic E-state index is -3.91. The molecule has 1 heterocycles. The van der Waals surface area contributed by atoms with Crippen molar-refractivity contribution >= 4 is 10.1 Å². The minimum Gasteiger partial charge on any atom is -0.303 e. The summed E-state index contributed by atoms with van der Waals surface area (Å²) in [5.74, 6) is 0. The normalized spacial score (nSPS) is 17.9. The summed E-state index contributed by atoms with van der Waals surface area (Å²) in [4.78, 5) is 2.38. The summed E-state index contributed by atoms with van der Waals surface area (Å²) in [5, 5.41) is -0.570.